The molecular weight excluding hydrogens is 329 g/mol. The molecule has 2 heterocycles. The maximum absolute atomic E-state index is 13.3. The summed E-state index contributed by atoms with van der Waals surface area (Å²) in [5, 5.41) is 1.88. The second kappa shape index (κ2) is 5.06. The molecule has 0 atom stereocenters. The number of hydrogen-bond donors (Lipinski definition) is 0. The minimum absolute atomic E-state index is 0.0685. The first-order chi connectivity index (χ1) is 9.15. The van der Waals surface area contributed by atoms with Crippen molar-refractivity contribution >= 4 is 38.7 Å². The molecule has 0 fully saturated rings. The fraction of sp³-hybridized carbons (Fsp3) is 0.214. The lowest BCUT2D eigenvalue weighted by Gasteiger charge is -2.18. The van der Waals surface area contributed by atoms with Gasteiger partial charge in [0.25, 0.3) is 0 Å². The number of nitrogens with zero attached hydrogens (tertiary/aromatic N) is 1. The molecule has 98 valence electrons. The minimum atomic E-state index is -0.254. The highest BCUT2D eigenvalue weighted by Crippen LogP contribution is 2.30. The van der Waals surface area contributed by atoms with Crippen LogP contribution < -0.4 is 4.90 Å². The van der Waals surface area contributed by atoms with Crippen LogP contribution in [0, 0.1) is 5.82 Å². The van der Waals surface area contributed by atoms with Gasteiger partial charge in [-0.25, -0.2) is 4.39 Å². The predicted molar refractivity (Wildman–Crippen MR) is 78.7 cm³/mol. The summed E-state index contributed by atoms with van der Waals surface area (Å²) < 4.78 is 14.1. The molecule has 0 N–H and O–H groups in total. The van der Waals surface area contributed by atoms with Crippen LogP contribution in [0.3, 0.4) is 0 Å². The van der Waals surface area contributed by atoms with Crippen LogP contribution in [0.2, 0.25) is 0 Å². The van der Waals surface area contributed by atoms with Gasteiger partial charge in [-0.15, -0.1) is 11.3 Å². The molecule has 3 rings (SSSR count). The Bertz CT molecular complexity index is 640. The van der Waals surface area contributed by atoms with E-state index < -0.39 is 0 Å². The lowest BCUT2D eigenvalue weighted by molar-refractivity contribution is 0.100. The number of carbonyl (C=O) groups excluding carboxylic acids is 1. The molecule has 0 radical (unpaired) electrons. The molecule has 1 aliphatic heterocycles. The number of halogens is 2. The van der Waals surface area contributed by atoms with E-state index in [1.807, 2.05) is 16.3 Å². The van der Waals surface area contributed by atoms with Crippen LogP contribution in [0.4, 0.5) is 10.1 Å². The number of anilines is 1. The Morgan fingerprint density at radius 1 is 1.42 bits per heavy atom. The smallest absolute Gasteiger partial charge is 0.193 e. The standard InChI is InChI=1S/C14H11BrFNOS/c15-11-4-6-19-14(11)13(18)8-17-5-3-9-1-2-10(16)7-12(9)17/h1-2,4,6-7H,3,5,8H2. The van der Waals surface area contributed by atoms with Gasteiger partial charge < -0.3 is 4.90 Å². The highest BCUT2D eigenvalue weighted by atomic mass is 79.9. The van der Waals surface area contributed by atoms with Crippen LogP contribution in [0.25, 0.3) is 0 Å². The normalized spacial score (nSPS) is 13.7. The Morgan fingerprint density at radius 2 is 2.26 bits per heavy atom. The van der Waals surface area contributed by atoms with Crippen LogP contribution in [0.5, 0.6) is 0 Å². The molecule has 0 saturated heterocycles. The molecule has 5 heteroatoms. The lowest BCUT2D eigenvalue weighted by atomic mass is 10.1. The van der Waals surface area contributed by atoms with E-state index in [4.69, 9.17) is 0 Å². The first-order valence-corrected chi connectivity index (χ1v) is 7.62. The van der Waals surface area contributed by atoms with E-state index in [-0.39, 0.29) is 11.6 Å². The third-order valence-corrected chi connectivity index (χ3v) is 5.12. The van der Waals surface area contributed by atoms with Crippen molar-refractivity contribution in [3.05, 3.63) is 50.4 Å². The van der Waals surface area contributed by atoms with Gasteiger partial charge in [-0.1, -0.05) is 6.07 Å². The summed E-state index contributed by atoms with van der Waals surface area (Å²) in [5.74, 6) is -0.186. The van der Waals surface area contributed by atoms with Gasteiger partial charge in [-0.2, -0.15) is 0 Å². The number of hydrogen-bond acceptors (Lipinski definition) is 3. The van der Waals surface area contributed by atoms with Gasteiger partial charge in [0.2, 0.25) is 0 Å². The fourth-order valence-electron chi connectivity index (χ4n) is 2.32. The molecular formula is C14H11BrFNOS. The van der Waals surface area contributed by atoms with Crippen molar-refractivity contribution < 1.29 is 9.18 Å². The maximum Gasteiger partial charge on any atom is 0.193 e. The van der Waals surface area contributed by atoms with Gasteiger partial charge in [0.15, 0.2) is 5.78 Å². The Labute approximate surface area is 123 Å². The number of rotatable bonds is 3. The van der Waals surface area contributed by atoms with Crippen LogP contribution >= 0.6 is 27.3 Å². The average molecular weight is 340 g/mol. The molecule has 1 aliphatic rings. The number of carbonyl (C=O) groups is 1. The molecule has 19 heavy (non-hydrogen) atoms. The number of benzene rings is 1. The molecule has 1 aromatic carbocycles. The van der Waals surface area contributed by atoms with Gasteiger partial charge >= 0.3 is 0 Å². The van der Waals surface area contributed by atoms with Gasteiger partial charge in [-0.05, 0) is 51.5 Å². The van der Waals surface area contributed by atoms with E-state index in [1.165, 1.54) is 23.5 Å². The lowest BCUT2D eigenvalue weighted by Crippen LogP contribution is -2.27. The molecule has 0 spiro atoms. The van der Waals surface area contributed by atoms with Crippen molar-refractivity contribution in [2.75, 3.05) is 18.0 Å². The topological polar surface area (TPSA) is 20.3 Å². The van der Waals surface area contributed by atoms with Crippen molar-refractivity contribution in [1.82, 2.24) is 0 Å². The van der Waals surface area contributed by atoms with Gasteiger partial charge in [0.1, 0.15) is 5.82 Å². The number of fused-ring (bicyclic) bond motifs is 1. The molecule has 0 aliphatic carbocycles. The zero-order valence-corrected chi connectivity index (χ0v) is 12.4. The van der Waals surface area contributed by atoms with E-state index in [1.54, 1.807) is 6.07 Å². The summed E-state index contributed by atoms with van der Waals surface area (Å²) in [6.45, 7) is 1.07. The van der Waals surface area contributed by atoms with Crippen molar-refractivity contribution in [3.63, 3.8) is 0 Å². The Hall–Kier alpha value is -1.20. The Kier molecular flexibility index (Phi) is 3.41. The average Bonchev–Trinajstić information content (AvgIpc) is 2.96. The molecule has 2 aromatic rings. The fourth-order valence-corrected chi connectivity index (χ4v) is 3.85. The van der Waals surface area contributed by atoms with Crippen molar-refractivity contribution in [3.8, 4) is 0 Å². The highest BCUT2D eigenvalue weighted by Gasteiger charge is 2.23. The summed E-state index contributed by atoms with van der Waals surface area (Å²) in [6, 6.07) is 6.66. The molecule has 0 amide bonds. The van der Waals surface area contributed by atoms with Gasteiger partial charge in [0.05, 0.1) is 11.4 Å². The van der Waals surface area contributed by atoms with Crippen molar-refractivity contribution in [1.29, 1.82) is 0 Å². The van der Waals surface area contributed by atoms with E-state index in [2.05, 4.69) is 15.9 Å². The first kappa shape index (κ1) is 12.8. The van der Waals surface area contributed by atoms with E-state index in [0.717, 1.165) is 33.6 Å². The maximum atomic E-state index is 13.3. The summed E-state index contributed by atoms with van der Waals surface area (Å²) >= 11 is 4.80. The van der Waals surface area contributed by atoms with E-state index in [0.29, 0.717) is 6.54 Å². The number of thiophene rings is 1. The van der Waals surface area contributed by atoms with Crippen LogP contribution in [0.15, 0.2) is 34.1 Å². The van der Waals surface area contributed by atoms with Crippen molar-refractivity contribution in [2.24, 2.45) is 0 Å². The zero-order valence-electron chi connectivity index (χ0n) is 10.0. The minimum Gasteiger partial charge on any atom is -0.363 e. The second-order valence-electron chi connectivity index (χ2n) is 4.47. The highest BCUT2D eigenvalue weighted by molar-refractivity contribution is 9.10. The van der Waals surface area contributed by atoms with Gasteiger partial charge in [0, 0.05) is 16.7 Å². The third kappa shape index (κ3) is 2.44. The van der Waals surface area contributed by atoms with E-state index >= 15 is 0 Å². The molecule has 0 saturated carbocycles. The monoisotopic (exact) mass is 339 g/mol. The largest absolute Gasteiger partial charge is 0.363 e. The van der Waals surface area contributed by atoms with Crippen LogP contribution in [-0.4, -0.2) is 18.9 Å². The summed E-state index contributed by atoms with van der Waals surface area (Å²) in [5.41, 5.74) is 1.96. The summed E-state index contributed by atoms with van der Waals surface area (Å²) in [6.07, 6.45) is 0.870. The van der Waals surface area contributed by atoms with Gasteiger partial charge in [-0.3, -0.25) is 4.79 Å². The summed E-state index contributed by atoms with van der Waals surface area (Å²) in [4.78, 5) is 14.9. The van der Waals surface area contributed by atoms with Crippen LogP contribution in [-0.2, 0) is 6.42 Å². The summed E-state index contributed by atoms with van der Waals surface area (Å²) in [7, 11) is 0. The van der Waals surface area contributed by atoms with E-state index in [9.17, 15) is 9.18 Å². The molecule has 0 unspecified atom stereocenters. The SMILES string of the molecule is O=C(CN1CCc2ccc(F)cc21)c1sccc1Br. The third-order valence-electron chi connectivity index (χ3n) is 3.24. The van der Waals surface area contributed by atoms with Crippen LogP contribution in [0.1, 0.15) is 15.2 Å². The quantitative estimate of drug-likeness (QED) is 0.790. The molecule has 2 nitrogen and oxygen atoms in total. The Morgan fingerprint density at radius 3 is 3.00 bits per heavy atom. The van der Waals surface area contributed by atoms with Crippen molar-refractivity contribution in [2.45, 2.75) is 6.42 Å². The second-order valence-corrected chi connectivity index (χ2v) is 6.24. The zero-order chi connectivity index (χ0) is 13.4. The number of ketones is 1. The first-order valence-electron chi connectivity index (χ1n) is 5.95. The number of Topliss-reactive ketones (excluding diaryl/α,β-unsaturated/α-hetero) is 1. The Balaban J connectivity index is 1.82. The molecule has 1 aromatic heterocycles. The molecule has 0 bridgehead atoms. The predicted octanol–water partition coefficient (Wildman–Crippen LogP) is 3.90.